The molecule has 4 nitrogen and oxygen atoms in total. The van der Waals surface area contributed by atoms with E-state index in [1.807, 2.05) is 18.2 Å². The third-order valence-corrected chi connectivity index (χ3v) is 3.20. The van der Waals surface area contributed by atoms with Crippen LogP contribution in [0.15, 0.2) is 30.3 Å². The summed E-state index contributed by atoms with van der Waals surface area (Å²) >= 11 is 0. The first-order valence-corrected chi connectivity index (χ1v) is 6.11. The van der Waals surface area contributed by atoms with Crippen molar-refractivity contribution in [3.05, 3.63) is 35.9 Å². The van der Waals surface area contributed by atoms with Crippen LogP contribution in [0.5, 0.6) is 0 Å². The fourth-order valence-corrected chi connectivity index (χ4v) is 2.14. The molecule has 0 aliphatic carbocycles. The van der Waals surface area contributed by atoms with Crippen LogP contribution in [0.4, 0.5) is 0 Å². The Kier molecular flexibility index (Phi) is 4.50. The van der Waals surface area contributed by atoms with Gasteiger partial charge in [-0.1, -0.05) is 30.3 Å². The minimum Gasteiger partial charge on any atom is -0.389 e. The van der Waals surface area contributed by atoms with Crippen LogP contribution in [0.1, 0.15) is 12.0 Å². The Morgan fingerprint density at radius 3 is 2.65 bits per heavy atom. The molecule has 0 aromatic heterocycles. The summed E-state index contributed by atoms with van der Waals surface area (Å²) in [6.45, 7) is 2.16. The maximum Gasteiger partial charge on any atom is 0.0964 e. The average Bonchev–Trinajstić information content (AvgIpc) is 2.67. The first-order valence-electron chi connectivity index (χ1n) is 6.11. The van der Waals surface area contributed by atoms with Crippen molar-refractivity contribution in [2.75, 3.05) is 13.1 Å². The molecule has 1 aromatic carbocycles. The van der Waals surface area contributed by atoms with Gasteiger partial charge in [0.1, 0.15) is 0 Å². The number of β-amino-alcohol motifs (C(OH)–C–C–N with tert-alkyl or cyclic N) is 1. The number of hydrogen-bond acceptors (Lipinski definition) is 4. The molecule has 0 unspecified atom stereocenters. The second kappa shape index (κ2) is 6.12. The van der Waals surface area contributed by atoms with Gasteiger partial charge in [0.2, 0.25) is 0 Å². The summed E-state index contributed by atoms with van der Waals surface area (Å²) in [5.41, 5.74) is 1.26. The van der Waals surface area contributed by atoms with E-state index in [0.29, 0.717) is 6.54 Å². The van der Waals surface area contributed by atoms with Crippen molar-refractivity contribution in [3.63, 3.8) is 0 Å². The average molecular weight is 236 g/mol. The van der Waals surface area contributed by atoms with Crippen LogP contribution in [0.25, 0.3) is 0 Å². The van der Waals surface area contributed by atoms with E-state index in [1.54, 1.807) is 0 Å². The maximum atomic E-state index is 9.63. The zero-order chi connectivity index (χ0) is 12.1. The number of hydrogen-bond donors (Lipinski definition) is 4. The molecule has 4 N–H and O–H groups in total. The van der Waals surface area contributed by atoms with Crippen LogP contribution in [0.3, 0.4) is 0 Å². The number of benzene rings is 1. The molecule has 1 aliphatic heterocycles. The van der Waals surface area contributed by atoms with Gasteiger partial charge in [-0.05, 0) is 18.5 Å². The molecule has 1 aliphatic rings. The van der Waals surface area contributed by atoms with E-state index < -0.39 is 12.2 Å². The van der Waals surface area contributed by atoms with Gasteiger partial charge >= 0.3 is 0 Å². The van der Waals surface area contributed by atoms with E-state index in [0.717, 1.165) is 19.5 Å². The highest BCUT2D eigenvalue weighted by Gasteiger charge is 2.32. The molecule has 1 saturated heterocycles. The highest BCUT2D eigenvalue weighted by molar-refractivity contribution is 5.14. The predicted octanol–water partition coefficient (Wildman–Crippen LogP) is -0.140. The Morgan fingerprint density at radius 1 is 1.24 bits per heavy atom. The number of aliphatic hydroxyl groups excluding tert-OH is 2. The lowest BCUT2D eigenvalue weighted by atomic mass is 10.1. The lowest BCUT2D eigenvalue weighted by molar-refractivity contribution is 0.0394. The van der Waals surface area contributed by atoms with Gasteiger partial charge in [0, 0.05) is 19.1 Å². The van der Waals surface area contributed by atoms with Gasteiger partial charge in [-0.2, -0.15) is 0 Å². The molecule has 0 radical (unpaired) electrons. The van der Waals surface area contributed by atoms with Gasteiger partial charge < -0.3 is 20.8 Å². The Morgan fingerprint density at radius 2 is 2.00 bits per heavy atom. The summed E-state index contributed by atoms with van der Waals surface area (Å²) < 4.78 is 0. The monoisotopic (exact) mass is 236 g/mol. The van der Waals surface area contributed by atoms with Gasteiger partial charge in [0.25, 0.3) is 0 Å². The van der Waals surface area contributed by atoms with Crippen molar-refractivity contribution in [1.82, 2.24) is 10.6 Å². The molecular formula is C13H20N2O2. The van der Waals surface area contributed by atoms with Crippen LogP contribution in [0.2, 0.25) is 0 Å². The molecule has 0 saturated carbocycles. The van der Waals surface area contributed by atoms with Gasteiger partial charge in [0.15, 0.2) is 0 Å². The number of nitrogens with one attached hydrogen (secondary N) is 2. The molecular weight excluding hydrogens is 216 g/mol. The quantitative estimate of drug-likeness (QED) is 0.537. The molecule has 17 heavy (non-hydrogen) atoms. The van der Waals surface area contributed by atoms with Crippen molar-refractivity contribution in [1.29, 1.82) is 0 Å². The highest BCUT2D eigenvalue weighted by Crippen LogP contribution is 2.10. The summed E-state index contributed by atoms with van der Waals surface area (Å²) in [4.78, 5) is 0. The van der Waals surface area contributed by atoms with Gasteiger partial charge in [-0.15, -0.1) is 0 Å². The Balaban J connectivity index is 1.64. The lowest BCUT2D eigenvalue weighted by Crippen LogP contribution is -2.35. The standard InChI is InChI=1S/C13H20N2O2/c16-12-9-15-11(13(12)17)6-7-14-8-10-4-2-1-3-5-10/h1-5,11-17H,6-9H2/t11-,12-,13+/m0/s1. The highest BCUT2D eigenvalue weighted by atomic mass is 16.3. The zero-order valence-electron chi connectivity index (χ0n) is 9.84. The largest absolute Gasteiger partial charge is 0.389 e. The molecule has 4 heteroatoms. The van der Waals surface area contributed by atoms with E-state index >= 15 is 0 Å². The minimum absolute atomic E-state index is 0.00766. The Hall–Kier alpha value is -0.940. The van der Waals surface area contributed by atoms with E-state index in [-0.39, 0.29) is 6.04 Å². The second-order valence-corrected chi connectivity index (χ2v) is 4.52. The molecule has 94 valence electrons. The van der Waals surface area contributed by atoms with Gasteiger partial charge in [-0.25, -0.2) is 0 Å². The molecule has 1 heterocycles. The third kappa shape index (κ3) is 3.51. The lowest BCUT2D eigenvalue weighted by Gasteiger charge is -2.16. The molecule has 3 atom stereocenters. The Bertz CT molecular complexity index is 331. The van der Waals surface area contributed by atoms with Crippen LogP contribution < -0.4 is 10.6 Å². The van der Waals surface area contributed by atoms with E-state index in [1.165, 1.54) is 5.56 Å². The summed E-state index contributed by atoms with van der Waals surface area (Å²) in [5.74, 6) is 0. The second-order valence-electron chi connectivity index (χ2n) is 4.52. The number of aliphatic hydroxyl groups is 2. The van der Waals surface area contributed by atoms with Crippen molar-refractivity contribution in [2.24, 2.45) is 0 Å². The fraction of sp³-hybridized carbons (Fsp3) is 0.538. The predicted molar refractivity (Wildman–Crippen MR) is 66.6 cm³/mol. The molecule has 1 fully saturated rings. The molecule has 2 rings (SSSR count). The first kappa shape index (κ1) is 12.5. The molecule has 0 bridgehead atoms. The van der Waals surface area contributed by atoms with Crippen molar-refractivity contribution in [2.45, 2.75) is 31.2 Å². The maximum absolute atomic E-state index is 9.63. The van der Waals surface area contributed by atoms with Gasteiger partial charge in [0.05, 0.1) is 12.2 Å². The summed E-state index contributed by atoms with van der Waals surface area (Å²) in [5, 5.41) is 25.4. The summed E-state index contributed by atoms with van der Waals surface area (Å²) in [6, 6.07) is 10.2. The Labute approximate surface area is 102 Å². The number of rotatable bonds is 5. The molecule has 0 amide bonds. The first-order chi connectivity index (χ1) is 8.27. The van der Waals surface area contributed by atoms with Crippen molar-refractivity contribution < 1.29 is 10.2 Å². The summed E-state index contributed by atoms with van der Waals surface area (Å²) in [7, 11) is 0. The van der Waals surface area contributed by atoms with Crippen LogP contribution in [-0.4, -0.2) is 41.6 Å². The minimum atomic E-state index is -0.631. The zero-order valence-corrected chi connectivity index (χ0v) is 9.84. The molecule has 0 spiro atoms. The van der Waals surface area contributed by atoms with E-state index in [4.69, 9.17) is 0 Å². The van der Waals surface area contributed by atoms with Gasteiger partial charge in [-0.3, -0.25) is 0 Å². The van der Waals surface area contributed by atoms with Crippen molar-refractivity contribution in [3.8, 4) is 0 Å². The smallest absolute Gasteiger partial charge is 0.0964 e. The van der Waals surface area contributed by atoms with E-state index in [2.05, 4.69) is 22.8 Å². The normalized spacial score (nSPS) is 28.5. The van der Waals surface area contributed by atoms with Crippen molar-refractivity contribution >= 4 is 0 Å². The summed E-state index contributed by atoms with van der Waals surface area (Å²) in [6.07, 6.45) is -0.423. The van der Waals surface area contributed by atoms with Crippen LogP contribution >= 0.6 is 0 Å². The van der Waals surface area contributed by atoms with E-state index in [9.17, 15) is 10.2 Å². The third-order valence-electron chi connectivity index (χ3n) is 3.20. The topological polar surface area (TPSA) is 64.5 Å². The SMILES string of the molecule is O[C@@H]1[C@H](CCNCc2ccccc2)NC[C@@H]1O. The fourth-order valence-electron chi connectivity index (χ4n) is 2.14. The molecule has 1 aromatic rings. The van der Waals surface area contributed by atoms with Crippen LogP contribution in [0, 0.1) is 0 Å². The van der Waals surface area contributed by atoms with Crippen LogP contribution in [-0.2, 0) is 6.54 Å².